The number of hydrogen-bond acceptors (Lipinski definition) is 8. The van der Waals surface area contributed by atoms with Gasteiger partial charge in [0, 0.05) is 37.0 Å². The topological polar surface area (TPSA) is 90.2 Å². The Kier molecular flexibility index (Phi) is 9.98. The molecular weight excluding hydrogens is 583 g/mol. The second-order valence-electron chi connectivity index (χ2n) is 13.6. The van der Waals surface area contributed by atoms with Gasteiger partial charge >= 0.3 is 6.18 Å². The summed E-state index contributed by atoms with van der Waals surface area (Å²) in [5.74, 6) is 1.62. The average molecular weight is 632 g/mol. The summed E-state index contributed by atoms with van der Waals surface area (Å²) < 4.78 is 45.4. The minimum Gasteiger partial charge on any atom is -0.393 e. The van der Waals surface area contributed by atoms with Gasteiger partial charge in [-0.25, -0.2) is 9.66 Å². The molecule has 0 spiro atoms. The highest BCUT2D eigenvalue weighted by molar-refractivity contribution is 5.82. The van der Waals surface area contributed by atoms with Crippen LogP contribution in [0.5, 0.6) is 0 Å². The molecule has 0 amide bonds. The fourth-order valence-corrected chi connectivity index (χ4v) is 7.54. The Balaban J connectivity index is 1.02. The van der Waals surface area contributed by atoms with E-state index in [1.807, 2.05) is 23.2 Å². The molecule has 0 aromatic carbocycles. The summed E-state index contributed by atoms with van der Waals surface area (Å²) in [7, 11) is 2.21. The van der Waals surface area contributed by atoms with Gasteiger partial charge in [-0.2, -0.15) is 18.3 Å². The van der Waals surface area contributed by atoms with Gasteiger partial charge in [-0.1, -0.05) is 24.8 Å². The molecule has 0 bridgehead atoms. The van der Waals surface area contributed by atoms with E-state index in [-0.39, 0.29) is 30.7 Å². The minimum atomic E-state index is -4.24. The van der Waals surface area contributed by atoms with Gasteiger partial charge in [0.25, 0.3) is 0 Å². The van der Waals surface area contributed by atoms with Crippen molar-refractivity contribution in [1.82, 2.24) is 30.1 Å². The van der Waals surface area contributed by atoms with Crippen LogP contribution in [0.2, 0.25) is 0 Å². The lowest BCUT2D eigenvalue weighted by Crippen LogP contribution is -2.63. The summed E-state index contributed by atoms with van der Waals surface area (Å²) in [6.07, 6.45) is 11.8. The predicted molar refractivity (Wildman–Crippen MR) is 168 cm³/mol. The number of nitrogens with zero attached hydrogens (tertiary/aromatic N) is 5. The molecule has 12 heteroatoms. The molecule has 3 fully saturated rings. The second-order valence-corrected chi connectivity index (χ2v) is 13.6. The lowest BCUT2D eigenvalue weighted by molar-refractivity contribution is -0.150. The quantitative estimate of drug-likeness (QED) is 0.322. The maximum absolute atomic E-state index is 12.6. The molecule has 5 atom stereocenters. The maximum Gasteiger partial charge on any atom is 0.401 e. The Morgan fingerprint density at radius 2 is 2.04 bits per heavy atom. The van der Waals surface area contributed by atoms with Crippen LogP contribution in [-0.4, -0.2) is 113 Å². The van der Waals surface area contributed by atoms with Crippen LogP contribution in [0.15, 0.2) is 47.3 Å². The number of imidazole rings is 1. The fraction of sp³-hybridized carbons (Fsp3) is 0.697. The van der Waals surface area contributed by atoms with E-state index >= 15 is 0 Å². The normalized spacial score (nSPS) is 32.6. The molecule has 9 nitrogen and oxygen atoms in total. The van der Waals surface area contributed by atoms with Crippen LogP contribution in [0.3, 0.4) is 0 Å². The summed E-state index contributed by atoms with van der Waals surface area (Å²) in [4.78, 5) is 9.80. The molecule has 2 saturated heterocycles. The number of alkyl halides is 3. The molecule has 2 aliphatic carbocycles. The van der Waals surface area contributed by atoms with E-state index in [4.69, 9.17) is 14.8 Å². The summed E-state index contributed by atoms with van der Waals surface area (Å²) in [5, 5.41) is 20.5. The maximum atomic E-state index is 12.6. The molecular formula is C33H48F3N7O2. The third-order valence-corrected chi connectivity index (χ3v) is 10.6. The van der Waals surface area contributed by atoms with Crippen molar-refractivity contribution in [3.05, 3.63) is 53.7 Å². The van der Waals surface area contributed by atoms with Crippen molar-refractivity contribution in [2.45, 2.75) is 100 Å². The van der Waals surface area contributed by atoms with Gasteiger partial charge in [0.15, 0.2) is 0 Å². The largest absolute Gasteiger partial charge is 0.401 e. The van der Waals surface area contributed by atoms with Gasteiger partial charge in [-0.3, -0.25) is 10.2 Å². The van der Waals surface area contributed by atoms with Gasteiger partial charge in [0.2, 0.25) is 0 Å². The van der Waals surface area contributed by atoms with Gasteiger partial charge in [0.05, 0.1) is 43.4 Å². The monoisotopic (exact) mass is 631 g/mol. The number of likely N-dealkylation sites (tertiary alicyclic amines) is 1. The van der Waals surface area contributed by atoms with Crippen molar-refractivity contribution in [1.29, 1.82) is 0 Å². The first-order valence-electron chi connectivity index (χ1n) is 16.5. The zero-order valence-corrected chi connectivity index (χ0v) is 26.4. The highest BCUT2D eigenvalue weighted by Crippen LogP contribution is 2.34. The summed E-state index contributed by atoms with van der Waals surface area (Å²) >= 11 is 0. The molecule has 1 saturated carbocycles. The first-order valence-corrected chi connectivity index (χ1v) is 16.5. The van der Waals surface area contributed by atoms with E-state index < -0.39 is 18.9 Å². The average Bonchev–Trinajstić information content (AvgIpc) is 3.43. The molecule has 1 aromatic heterocycles. The van der Waals surface area contributed by atoms with E-state index in [9.17, 15) is 18.3 Å². The molecule has 5 aliphatic rings. The van der Waals surface area contributed by atoms with E-state index in [2.05, 4.69) is 53.1 Å². The number of piperidine rings is 1. The zero-order chi connectivity index (χ0) is 31.7. The van der Waals surface area contributed by atoms with Crippen molar-refractivity contribution >= 4 is 6.21 Å². The van der Waals surface area contributed by atoms with E-state index in [1.165, 1.54) is 5.57 Å². The second kappa shape index (κ2) is 13.8. The smallest absolute Gasteiger partial charge is 0.393 e. The number of nitrogens with one attached hydrogen (secondary N) is 2. The fourth-order valence-electron chi connectivity index (χ4n) is 7.54. The Bertz CT molecular complexity index is 1280. The van der Waals surface area contributed by atoms with Gasteiger partial charge in [-0.05, 0) is 82.6 Å². The number of likely N-dealkylation sites (N-methyl/N-ethyl adjacent to an activating group) is 1. The highest BCUT2D eigenvalue weighted by Gasteiger charge is 2.38. The van der Waals surface area contributed by atoms with E-state index in [0.717, 1.165) is 75.3 Å². The number of hydrogen-bond donors (Lipinski definition) is 3. The Morgan fingerprint density at radius 1 is 1.27 bits per heavy atom. The number of rotatable bonds is 11. The van der Waals surface area contributed by atoms with Crippen LogP contribution >= 0.6 is 0 Å². The van der Waals surface area contributed by atoms with Crippen molar-refractivity contribution in [2.24, 2.45) is 11.0 Å². The third kappa shape index (κ3) is 7.63. The first kappa shape index (κ1) is 32.6. The van der Waals surface area contributed by atoms with Crippen molar-refractivity contribution in [3.63, 3.8) is 0 Å². The molecule has 3 aliphatic heterocycles. The van der Waals surface area contributed by atoms with Crippen LogP contribution < -0.4 is 10.6 Å². The molecule has 1 aromatic rings. The summed E-state index contributed by atoms with van der Waals surface area (Å²) in [5.41, 5.74) is 3.32. The summed E-state index contributed by atoms with van der Waals surface area (Å²) in [6.45, 7) is 8.71. The number of aromatic nitrogens is 2. The van der Waals surface area contributed by atoms with Crippen LogP contribution in [-0.2, 0) is 11.2 Å². The number of fused-ring (bicyclic) bond motifs is 1. The minimum absolute atomic E-state index is 0.0822. The number of halogens is 3. The van der Waals surface area contributed by atoms with Crippen LogP contribution in [0.25, 0.3) is 0 Å². The highest BCUT2D eigenvalue weighted by atomic mass is 19.4. The number of aliphatic hydroxyl groups excluding tert-OH is 1. The molecule has 45 heavy (non-hydrogen) atoms. The summed E-state index contributed by atoms with van der Waals surface area (Å²) in [6, 6.07) is 0.794. The Morgan fingerprint density at radius 3 is 2.71 bits per heavy atom. The number of aliphatic hydroxyl groups is 1. The molecule has 5 unspecified atom stereocenters. The van der Waals surface area contributed by atoms with Crippen LogP contribution in [0, 0.1) is 5.92 Å². The predicted octanol–water partition coefficient (Wildman–Crippen LogP) is 3.58. The Labute approximate surface area is 264 Å². The van der Waals surface area contributed by atoms with Crippen LogP contribution in [0.1, 0.15) is 62.9 Å². The lowest BCUT2D eigenvalue weighted by Gasteiger charge is -2.45. The van der Waals surface area contributed by atoms with E-state index in [0.29, 0.717) is 24.4 Å². The SMILES string of the molecule is C=C/C(CN(C)C1CCN(C(C)C2CC(O)C2)CC1)=C1/C=Nn2c(C3C=CCC(NC4OCC4NCC(F)(F)F)C3)cnc2C1. The van der Waals surface area contributed by atoms with Crippen LogP contribution in [0.4, 0.5) is 13.2 Å². The van der Waals surface area contributed by atoms with Gasteiger partial charge < -0.3 is 20.1 Å². The molecule has 0 radical (unpaired) electrons. The van der Waals surface area contributed by atoms with Crippen molar-refractivity contribution < 1.29 is 23.0 Å². The van der Waals surface area contributed by atoms with Gasteiger partial charge in [-0.15, -0.1) is 0 Å². The zero-order valence-electron chi connectivity index (χ0n) is 26.4. The number of ether oxygens (including phenoxy) is 1. The van der Waals surface area contributed by atoms with E-state index in [1.54, 1.807) is 0 Å². The third-order valence-electron chi connectivity index (χ3n) is 10.6. The number of allylic oxidation sites excluding steroid dienone is 2. The standard InChI is InChI=1S/C33H48F3N7O2/c1-4-22(18-41(3)27-8-10-42(11-9-27)21(2)24-13-28(44)14-24)25-15-31-37-17-30(43(31)39-16-25)23-6-5-7-26(12-23)40-32-29(19-45-32)38-20-33(34,35)36/h4-6,16-17,21,23-24,26-29,32,38,40,44H,1,7-15,18-20H2,2-3H3/b25-22-. The molecule has 248 valence electrons. The van der Waals surface area contributed by atoms with Crippen molar-refractivity contribution in [2.75, 3.05) is 39.8 Å². The molecule has 4 heterocycles. The first-order chi connectivity index (χ1) is 21.6. The molecule has 6 rings (SSSR count). The molecule has 3 N–H and O–H groups in total. The van der Waals surface area contributed by atoms with Gasteiger partial charge in [0.1, 0.15) is 12.1 Å². The Hall–Kier alpha value is -2.35. The van der Waals surface area contributed by atoms with Crippen molar-refractivity contribution in [3.8, 4) is 0 Å². The lowest BCUT2D eigenvalue weighted by atomic mass is 9.77.